The van der Waals surface area contributed by atoms with Crippen molar-refractivity contribution in [3.63, 3.8) is 0 Å². The topological polar surface area (TPSA) is 48.5 Å². The molecule has 0 saturated heterocycles. The number of amidine groups is 1. The zero-order valence-corrected chi connectivity index (χ0v) is 15.7. The maximum atomic E-state index is 11.5. The van der Waals surface area contributed by atoms with E-state index in [-0.39, 0.29) is 5.56 Å². The van der Waals surface area contributed by atoms with Gasteiger partial charge in [0.2, 0.25) is 5.56 Å². The summed E-state index contributed by atoms with van der Waals surface area (Å²) < 4.78 is 0. The molecule has 0 amide bonds. The molecular formula is C23H23N3O. The lowest BCUT2D eigenvalue weighted by Gasteiger charge is -2.10. The Hall–Kier alpha value is -3.14. The molecule has 1 aliphatic rings. The molecular weight excluding hydrogens is 334 g/mol. The molecule has 0 fully saturated rings. The maximum absolute atomic E-state index is 11.5. The fraction of sp³-hybridized carbons (Fsp3) is 0.217. The number of aromatic amines is 1. The molecule has 27 heavy (non-hydrogen) atoms. The molecule has 1 aliphatic heterocycles. The van der Waals surface area contributed by atoms with Crippen molar-refractivity contribution >= 4 is 11.5 Å². The van der Waals surface area contributed by atoms with Crippen molar-refractivity contribution in [3.05, 3.63) is 87.7 Å². The van der Waals surface area contributed by atoms with Gasteiger partial charge < -0.3 is 9.88 Å². The van der Waals surface area contributed by atoms with E-state index in [1.165, 1.54) is 22.8 Å². The molecule has 1 aromatic heterocycles. The van der Waals surface area contributed by atoms with E-state index in [0.717, 1.165) is 42.0 Å². The van der Waals surface area contributed by atoms with E-state index in [9.17, 15) is 4.79 Å². The number of aliphatic imine (C=N–C) groups is 1. The van der Waals surface area contributed by atoms with Crippen LogP contribution in [0.15, 0.2) is 70.5 Å². The zero-order valence-electron chi connectivity index (χ0n) is 15.7. The van der Waals surface area contributed by atoms with Gasteiger partial charge in [0.25, 0.3) is 0 Å². The first-order valence-corrected chi connectivity index (χ1v) is 9.24. The number of fused-ring (bicyclic) bond motifs is 1. The lowest BCUT2D eigenvalue weighted by Crippen LogP contribution is -2.21. The number of aryl methyl sites for hydroxylation is 2. The summed E-state index contributed by atoms with van der Waals surface area (Å²) in [6.45, 7) is 0. The van der Waals surface area contributed by atoms with Gasteiger partial charge in [-0.3, -0.25) is 4.79 Å². The standard InChI is InChI=1S/C23H23N3O/c1-26(2)22-15-19-14-17(10-13-21(19)24-22)7-6-16-8-11-18(12-9-16)20-4-3-5-23(27)25-20/h3-5,8-14H,6-7,15H2,1-2H3,(H,25,27). The molecule has 2 heterocycles. The van der Waals surface area contributed by atoms with E-state index >= 15 is 0 Å². The van der Waals surface area contributed by atoms with Crippen LogP contribution in [0.1, 0.15) is 16.7 Å². The smallest absolute Gasteiger partial charge is 0.248 e. The van der Waals surface area contributed by atoms with Gasteiger partial charge in [-0.15, -0.1) is 0 Å². The number of pyridine rings is 1. The fourth-order valence-corrected chi connectivity index (χ4v) is 3.41. The van der Waals surface area contributed by atoms with Crippen LogP contribution in [0.4, 0.5) is 5.69 Å². The van der Waals surface area contributed by atoms with E-state index in [2.05, 4.69) is 57.3 Å². The number of hydrogen-bond acceptors (Lipinski definition) is 3. The van der Waals surface area contributed by atoms with Gasteiger partial charge in [0.15, 0.2) is 0 Å². The highest BCUT2D eigenvalue weighted by molar-refractivity contribution is 5.92. The number of rotatable bonds is 4. The number of H-pyrrole nitrogens is 1. The summed E-state index contributed by atoms with van der Waals surface area (Å²) in [5, 5.41) is 0. The van der Waals surface area contributed by atoms with Gasteiger partial charge >= 0.3 is 0 Å². The number of likely N-dealkylation sites (N-methyl/N-ethyl adjacent to an activating group) is 1. The molecule has 0 atom stereocenters. The highest BCUT2D eigenvalue weighted by atomic mass is 16.1. The third kappa shape index (κ3) is 3.85. The molecule has 3 aromatic rings. The first-order valence-electron chi connectivity index (χ1n) is 9.24. The summed E-state index contributed by atoms with van der Waals surface area (Å²) in [5.74, 6) is 1.12. The zero-order chi connectivity index (χ0) is 18.8. The van der Waals surface area contributed by atoms with Crippen molar-refractivity contribution in [1.82, 2.24) is 9.88 Å². The summed E-state index contributed by atoms with van der Waals surface area (Å²) in [6, 6.07) is 20.3. The van der Waals surface area contributed by atoms with Crippen LogP contribution in [0.25, 0.3) is 11.3 Å². The summed E-state index contributed by atoms with van der Waals surface area (Å²) in [7, 11) is 4.08. The minimum atomic E-state index is -0.0745. The van der Waals surface area contributed by atoms with E-state index in [1.54, 1.807) is 6.07 Å². The van der Waals surface area contributed by atoms with Crippen molar-refractivity contribution in [1.29, 1.82) is 0 Å². The highest BCUT2D eigenvalue weighted by Gasteiger charge is 2.16. The third-order valence-electron chi connectivity index (χ3n) is 4.99. The average Bonchev–Trinajstić information content (AvgIpc) is 3.10. The monoisotopic (exact) mass is 357 g/mol. The van der Waals surface area contributed by atoms with Gasteiger partial charge in [-0.1, -0.05) is 42.5 Å². The molecule has 2 aromatic carbocycles. The van der Waals surface area contributed by atoms with Crippen LogP contribution in [0.3, 0.4) is 0 Å². The van der Waals surface area contributed by atoms with Crippen LogP contribution in [0.2, 0.25) is 0 Å². The van der Waals surface area contributed by atoms with Crippen molar-refractivity contribution in [2.75, 3.05) is 14.1 Å². The van der Waals surface area contributed by atoms with Crippen molar-refractivity contribution in [2.24, 2.45) is 4.99 Å². The van der Waals surface area contributed by atoms with Crippen molar-refractivity contribution < 1.29 is 0 Å². The van der Waals surface area contributed by atoms with E-state index in [0.29, 0.717) is 0 Å². The highest BCUT2D eigenvalue weighted by Crippen LogP contribution is 2.28. The molecule has 1 N–H and O–H groups in total. The molecule has 4 heteroatoms. The number of nitrogens with one attached hydrogen (secondary N) is 1. The average molecular weight is 357 g/mol. The first-order chi connectivity index (χ1) is 13.1. The van der Waals surface area contributed by atoms with Gasteiger partial charge in [0, 0.05) is 32.3 Å². The molecule has 4 rings (SSSR count). The van der Waals surface area contributed by atoms with Gasteiger partial charge in [-0.2, -0.15) is 0 Å². The molecule has 0 saturated carbocycles. The minimum absolute atomic E-state index is 0.0745. The second kappa shape index (κ2) is 7.23. The second-order valence-electron chi connectivity index (χ2n) is 7.19. The van der Waals surface area contributed by atoms with Crippen LogP contribution in [0.5, 0.6) is 0 Å². The predicted molar refractivity (Wildman–Crippen MR) is 111 cm³/mol. The molecule has 0 unspecified atom stereocenters. The Balaban J connectivity index is 1.42. The molecule has 0 radical (unpaired) electrons. The molecule has 0 aliphatic carbocycles. The molecule has 4 nitrogen and oxygen atoms in total. The molecule has 0 spiro atoms. The van der Waals surface area contributed by atoms with Gasteiger partial charge in [0.1, 0.15) is 5.84 Å². The minimum Gasteiger partial charge on any atom is -0.366 e. The summed E-state index contributed by atoms with van der Waals surface area (Å²) in [4.78, 5) is 21.1. The van der Waals surface area contributed by atoms with Gasteiger partial charge in [-0.25, -0.2) is 4.99 Å². The van der Waals surface area contributed by atoms with E-state index < -0.39 is 0 Å². The lowest BCUT2D eigenvalue weighted by molar-refractivity contribution is 0.614. The lowest BCUT2D eigenvalue weighted by atomic mass is 10.00. The molecule has 0 bridgehead atoms. The Morgan fingerprint density at radius 1 is 0.963 bits per heavy atom. The van der Waals surface area contributed by atoms with Crippen molar-refractivity contribution in [3.8, 4) is 11.3 Å². The number of nitrogens with zero attached hydrogens (tertiary/aromatic N) is 2. The van der Waals surface area contributed by atoms with Crippen LogP contribution in [0, 0.1) is 0 Å². The molecule has 136 valence electrons. The summed E-state index contributed by atoms with van der Waals surface area (Å²) in [5.41, 5.74) is 6.87. The third-order valence-corrected chi connectivity index (χ3v) is 4.99. The van der Waals surface area contributed by atoms with Crippen LogP contribution < -0.4 is 5.56 Å². The van der Waals surface area contributed by atoms with E-state index in [1.807, 2.05) is 20.2 Å². The Bertz CT molecular complexity index is 1050. The van der Waals surface area contributed by atoms with Gasteiger partial charge in [-0.05, 0) is 47.2 Å². The Morgan fingerprint density at radius 3 is 2.44 bits per heavy atom. The maximum Gasteiger partial charge on any atom is 0.248 e. The Morgan fingerprint density at radius 2 is 1.70 bits per heavy atom. The number of hydrogen-bond donors (Lipinski definition) is 1. The summed E-state index contributed by atoms with van der Waals surface area (Å²) in [6.07, 6.45) is 2.91. The number of aromatic nitrogens is 1. The van der Waals surface area contributed by atoms with Crippen LogP contribution in [-0.2, 0) is 19.3 Å². The van der Waals surface area contributed by atoms with Crippen molar-refractivity contribution in [2.45, 2.75) is 19.3 Å². The summed E-state index contributed by atoms with van der Waals surface area (Å²) >= 11 is 0. The normalized spacial score (nSPS) is 12.6. The fourth-order valence-electron chi connectivity index (χ4n) is 3.41. The van der Waals surface area contributed by atoms with Crippen LogP contribution >= 0.6 is 0 Å². The SMILES string of the molecule is CN(C)C1=Nc2ccc(CCc3ccc(-c4cccc(=O)[nH]4)cc3)cc2C1. The quantitative estimate of drug-likeness (QED) is 0.768. The first kappa shape index (κ1) is 17.3. The Kier molecular flexibility index (Phi) is 4.63. The Labute approximate surface area is 159 Å². The van der Waals surface area contributed by atoms with Gasteiger partial charge in [0.05, 0.1) is 5.69 Å². The largest absolute Gasteiger partial charge is 0.366 e. The van der Waals surface area contributed by atoms with E-state index in [4.69, 9.17) is 0 Å². The second-order valence-corrected chi connectivity index (χ2v) is 7.19. The van der Waals surface area contributed by atoms with Crippen LogP contribution in [-0.4, -0.2) is 29.8 Å². The number of benzene rings is 2. The predicted octanol–water partition coefficient (Wildman–Crippen LogP) is 3.97.